The molecule has 0 aliphatic carbocycles. The van der Waals surface area contributed by atoms with E-state index in [4.69, 9.17) is 10.5 Å². The Morgan fingerprint density at radius 2 is 1.63 bits per heavy atom. The third-order valence-electron chi connectivity index (χ3n) is 5.80. The van der Waals surface area contributed by atoms with E-state index >= 15 is 0 Å². The van der Waals surface area contributed by atoms with Gasteiger partial charge in [-0.3, -0.25) is 19.2 Å². The molecular formula is C25H44N4O6. The molecule has 0 spiro atoms. The molecule has 0 radical (unpaired) electrons. The first-order valence-corrected chi connectivity index (χ1v) is 12.2. The van der Waals surface area contributed by atoms with Crippen LogP contribution in [0.2, 0.25) is 0 Å². The molecule has 4 amide bonds. The van der Waals surface area contributed by atoms with Crippen molar-refractivity contribution in [3.63, 3.8) is 0 Å². The summed E-state index contributed by atoms with van der Waals surface area (Å²) in [4.78, 5) is 64.8. The van der Waals surface area contributed by atoms with Gasteiger partial charge in [0.15, 0.2) is 0 Å². The molecule has 10 nitrogen and oxygen atoms in total. The number of amides is 4. The normalized spacial score (nSPS) is 19.5. The number of nitrogens with one attached hydrogen (secondary N) is 2. The van der Waals surface area contributed by atoms with Crippen LogP contribution in [-0.2, 0) is 23.9 Å². The second-order valence-corrected chi connectivity index (χ2v) is 12.2. The van der Waals surface area contributed by atoms with E-state index in [1.165, 1.54) is 4.90 Å². The Hall–Kier alpha value is -2.65. The summed E-state index contributed by atoms with van der Waals surface area (Å²) in [6.07, 6.45) is 1.30. The topological polar surface area (TPSA) is 148 Å². The SMILES string of the molecule is CCCCC(NC(=O)[C@@H]1CC(C)(C)CN1C(=O)[C@@H](NC(=O)OC(C)(C)C)C(C)(C)C)C(=O)C(N)=O. The van der Waals surface area contributed by atoms with Crippen LogP contribution in [0.5, 0.6) is 0 Å². The van der Waals surface area contributed by atoms with E-state index in [0.29, 0.717) is 12.8 Å². The van der Waals surface area contributed by atoms with Crippen molar-refractivity contribution >= 4 is 29.6 Å². The Bertz CT molecular complexity index is 825. The number of hydrogen-bond donors (Lipinski definition) is 3. The average Bonchev–Trinajstić information content (AvgIpc) is 3.01. The van der Waals surface area contributed by atoms with E-state index in [9.17, 15) is 24.0 Å². The zero-order valence-corrected chi connectivity index (χ0v) is 22.7. The number of ketones is 1. The molecule has 0 aromatic rings. The van der Waals surface area contributed by atoms with Gasteiger partial charge in [-0.05, 0) is 44.4 Å². The van der Waals surface area contributed by atoms with Crippen LogP contribution >= 0.6 is 0 Å². The summed E-state index contributed by atoms with van der Waals surface area (Å²) in [5.41, 5.74) is 3.39. The van der Waals surface area contributed by atoms with Gasteiger partial charge in [-0.25, -0.2) is 4.79 Å². The van der Waals surface area contributed by atoms with E-state index in [-0.39, 0.29) is 18.4 Å². The summed E-state index contributed by atoms with van der Waals surface area (Å²) in [5, 5.41) is 5.33. The third-order valence-corrected chi connectivity index (χ3v) is 5.80. The number of likely N-dealkylation sites (tertiary alicyclic amines) is 1. The molecular weight excluding hydrogens is 452 g/mol. The first-order valence-electron chi connectivity index (χ1n) is 12.2. The van der Waals surface area contributed by atoms with Crippen LogP contribution in [0.4, 0.5) is 4.79 Å². The molecule has 1 heterocycles. The van der Waals surface area contributed by atoms with Crippen LogP contribution in [0.3, 0.4) is 0 Å². The van der Waals surface area contributed by atoms with Crippen molar-refractivity contribution in [1.29, 1.82) is 0 Å². The van der Waals surface area contributed by atoms with E-state index in [1.807, 2.05) is 41.5 Å². The maximum absolute atomic E-state index is 13.7. The van der Waals surface area contributed by atoms with Crippen molar-refractivity contribution in [3.05, 3.63) is 0 Å². The summed E-state index contributed by atoms with van der Waals surface area (Å²) in [6.45, 7) is 16.7. The Morgan fingerprint density at radius 1 is 1.06 bits per heavy atom. The highest BCUT2D eigenvalue weighted by atomic mass is 16.6. The fourth-order valence-corrected chi connectivity index (χ4v) is 4.09. The van der Waals surface area contributed by atoms with Crippen LogP contribution < -0.4 is 16.4 Å². The molecule has 1 aliphatic rings. The summed E-state index contributed by atoms with van der Waals surface area (Å²) in [5.74, 6) is -2.91. The maximum Gasteiger partial charge on any atom is 0.408 e. The number of rotatable bonds is 9. The molecule has 0 bridgehead atoms. The molecule has 0 aromatic heterocycles. The van der Waals surface area contributed by atoms with Crippen LogP contribution in [0, 0.1) is 10.8 Å². The second-order valence-electron chi connectivity index (χ2n) is 12.2. The third kappa shape index (κ3) is 9.14. The number of Topliss-reactive ketones (excluding diaryl/α,β-unsaturated/α-hetero) is 1. The molecule has 1 unspecified atom stereocenters. The summed E-state index contributed by atoms with van der Waals surface area (Å²) in [7, 11) is 0. The van der Waals surface area contributed by atoms with Gasteiger partial charge < -0.3 is 26.0 Å². The molecule has 3 atom stereocenters. The first kappa shape index (κ1) is 30.4. The number of primary amides is 1. The van der Waals surface area contributed by atoms with Crippen LogP contribution in [0.1, 0.15) is 88.0 Å². The van der Waals surface area contributed by atoms with Crippen molar-refractivity contribution in [2.45, 2.75) is 112 Å². The van der Waals surface area contributed by atoms with Crippen molar-refractivity contribution in [2.24, 2.45) is 16.6 Å². The standard InChI is InChI=1S/C25H44N4O6/c1-10-11-12-15(17(30)19(26)31)27-20(32)16-13-25(8,9)14-29(16)21(33)18(23(2,3)4)28-22(34)35-24(5,6)7/h15-16,18H,10-14H2,1-9H3,(H2,26,31)(H,27,32)(H,28,34)/t15?,16-,18+/m0/s1. The van der Waals surface area contributed by atoms with Gasteiger partial charge in [0.1, 0.15) is 17.7 Å². The van der Waals surface area contributed by atoms with E-state index < -0.39 is 58.7 Å². The minimum Gasteiger partial charge on any atom is -0.444 e. The van der Waals surface area contributed by atoms with Gasteiger partial charge in [-0.2, -0.15) is 0 Å². The number of alkyl carbamates (subject to hydrolysis) is 1. The van der Waals surface area contributed by atoms with Gasteiger partial charge in [-0.1, -0.05) is 54.4 Å². The lowest BCUT2D eigenvalue weighted by atomic mass is 9.85. The number of nitrogens with zero attached hydrogens (tertiary/aromatic N) is 1. The number of carbonyl (C=O) groups excluding carboxylic acids is 5. The minimum atomic E-state index is -1.11. The van der Waals surface area contributed by atoms with Gasteiger partial charge in [0, 0.05) is 6.54 Å². The predicted molar refractivity (Wildman–Crippen MR) is 132 cm³/mol. The maximum atomic E-state index is 13.7. The number of carbonyl (C=O) groups is 5. The fourth-order valence-electron chi connectivity index (χ4n) is 4.09. The largest absolute Gasteiger partial charge is 0.444 e. The highest BCUT2D eigenvalue weighted by molar-refractivity contribution is 6.37. The summed E-state index contributed by atoms with van der Waals surface area (Å²) in [6, 6.07) is -2.86. The Balaban J connectivity index is 3.21. The zero-order valence-electron chi connectivity index (χ0n) is 22.7. The lowest BCUT2D eigenvalue weighted by Crippen LogP contribution is -2.59. The van der Waals surface area contributed by atoms with E-state index in [0.717, 1.165) is 6.42 Å². The molecule has 4 N–H and O–H groups in total. The van der Waals surface area contributed by atoms with Gasteiger partial charge in [0.25, 0.3) is 5.91 Å². The zero-order chi connectivity index (χ0) is 27.4. The number of hydrogen-bond acceptors (Lipinski definition) is 6. The smallest absolute Gasteiger partial charge is 0.408 e. The lowest BCUT2D eigenvalue weighted by molar-refractivity contribution is -0.143. The van der Waals surface area contributed by atoms with Gasteiger partial charge in [0.05, 0.1) is 6.04 Å². The highest BCUT2D eigenvalue weighted by Crippen LogP contribution is 2.36. The van der Waals surface area contributed by atoms with Crippen LogP contribution in [0.15, 0.2) is 0 Å². The molecule has 1 fully saturated rings. The number of unbranched alkanes of at least 4 members (excludes halogenated alkanes) is 1. The molecule has 0 aromatic carbocycles. The quantitative estimate of drug-likeness (QED) is 0.417. The molecule has 10 heteroatoms. The number of ether oxygens (including phenoxy) is 1. The van der Waals surface area contributed by atoms with E-state index in [2.05, 4.69) is 10.6 Å². The minimum absolute atomic E-state index is 0.277. The van der Waals surface area contributed by atoms with Crippen LogP contribution in [-0.4, -0.2) is 64.8 Å². The molecule has 1 aliphatic heterocycles. The van der Waals surface area contributed by atoms with Gasteiger partial charge >= 0.3 is 6.09 Å². The Kier molecular flexibility index (Phi) is 9.89. The highest BCUT2D eigenvalue weighted by Gasteiger charge is 2.48. The summed E-state index contributed by atoms with van der Waals surface area (Å²) >= 11 is 0. The average molecular weight is 497 g/mol. The monoisotopic (exact) mass is 496 g/mol. The molecule has 200 valence electrons. The fraction of sp³-hybridized carbons (Fsp3) is 0.800. The van der Waals surface area contributed by atoms with E-state index in [1.54, 1.807) is 20.8 Å². The van der Waals surface area contributed by atoms with Crippen molar-refractivity contribution in [3.8, 4) is 0 Å². The van der Waals surface area contributed by atoms with Gasteiger partial charge in [-0.15, -0.1) is 0 Å². The van der Waals surface area contributed by atoms with Gasteiger partial charge in [0.2, 0.25) is 17.6 Å². The lowest BCUT2D eigenvalue weighted by Gasteiger charge is -2.36. The molecule has 1 rings (SSSR count). The first-order chi connectivity index (χ1) is 15.8. The Labute approximate surface area is 209 Å². The van der Waals surface area contributed by atoms with Crippen molar-refractivity contribution in [2.75, 3.05) is 6.54 Å². The number of nitrogens with two attached hydrogens (primary N) is 1. The van der Waals surface area contributed by atoms with Crippen molar-refractivity contribution < 1.29 is 28.7 Å². The van der Waals surface area contributed by atoms with Crippen molar-refractivity contribution in [1.82, 2.24) is 15.5 Å². The van der Waals surface area contributed by atoms with Crippen LogP contribution in [0.25, 0.3) is 0 Å². The summed E-state index contributed by atoms with van der Waals surface area (Å²) < 4.78 is 5.35. The molecule has 0 saturated carbocycles. The predicted octanol–water partition coefficient (Wildman–Crippen LogP) is 2.28. The molecule has 35 heavy (non-hydrogen) atoms. The second kappa shape index (κ2) is 11.4. The molecule has 1 saturated heterocycles. The Morgan fingerprint density at radius 3 is 2.09 bits per heavy atom.